The zero-order chi connectivity index (χ0) is 14.1. The third kappa shape index (κ3) is 5.70. The second kappa shape index (κ2) is 7.89. The summed E-state index contributed by atoms with van der Waals surface area (Å²) in [6.45, 7) is 2.52. The predicted octanol–water partition coefficient (Wildman–Crippen LogP) is 1.32. The first-order chi connectivity index (χ1) is 9.15. The summed E-state index contributed by atoms with van der Waals surface area (Å²) in [5.74, 6) is 0.326. The Morgan fingerprint density at radius 2 is 2.05 bits per heavy atom. The van der Waals surface area contributed by atoms with Gasteiger partial charge in [0.2, 0.25) is 0 Å². The van der Waals surface area contributed by atoms with Gasteiger partial charge in [0.1, 0.15) is 12.2 Å². The average molecular weight is 278 g/mol. The molecule has 0 radical (unpaired) electrons. The van der Waals surface area contributed by atoms with Crippen molar-refractivity contribution in [1.82, 2.24) is 10.9 Å². The van der Waals surface area contributed by atoms with E-state index in [9.17, 15) is 4.79 Å². The molecule has 1 aromatic carbocycles. The van der Waals surface area contributed by atoms with Crippen molar-refractivity contribution >= 4 is 28.9 Å². The second-order valence-corrected chi connectivity index (χ2v) is 3.83. The first-order valence-corrected chi connectivity index (χ1v) is 6.02. The highest BCUT2D eigenvalue weighted by Gasteiger charge is 2.01. The Morgan fingerprint density at radius 1 is 1.37 bits per heavy atom. The van der Waals surface area contributed by atoms with E-state index in [-0.39, 0.29) is 11.5 Å². The summed E-state index contributed by atoms with van der Waals surface area (Å²) in [5.41, 5.74) is 5.55. The lowest BCUT2D eigenvalue weighted by Crippen LogP contribution is -2.43. The van der Waals surface area contributed by atoms with Crippen molar-refractivity contribution in [2.24, 2.45) is 0 Å². The molecule has 1 rings (SSSR count). The Balaban J connectivity index is 2.40. The molecule has 0 saturated carbocycles. The minimum absolute atomic E-state index is 0.224. The minimum atomic E-state index is -0.446. The number of nitriles is 1. The Hall–Kier alpha value is -2.33. The summed E-state index contributed by atoms with van der Waals surface area (Å²) >= 11 is 4.97. The molecular formula is C12H14N4O2S. The van der Waals surface area contributed by atoms with Gasteiger partial charge >= 0.3 is 0 Å². The highest BCUT2D eigenvalue weighted by molar-refractivity contribution is 7.80. The van der Waals surface area contributed by atoms with Gasteiger partial charge in [-0.2, -0.15) is 5.26 Å². The third-order valence-electron chi connectivity index (χ3n) is 1.98. The number of carbonyl (C=O) groups is 1. The van der Waals surface area contributed by atoms with Gasteiger partial charge in [0.25, 0.3) is 5.91 Å². The van der Waals surface area contributed by atoms with E-state index in [4.69, 9.17) is 22.2 Å². The Labute approximate surface area is 116 Å². The molecule has 19 heavy (non-hydrogen) atoms. The molecule has 1 amide bonds. The molecule has 3 N–H and O–H groups in total. The van der Waals surface area contributed by atoms with Crippen molar-refractivity contribution in [2.75, 3.05) is 11.9 Å². The SMILES string of the molecule is CCOc1ccc(NC(=S)NNC(=O)CC#N)cc1. The van der Waals surface area contributed by atoms with Crippen LogP contribution in [0.3, 0.4) is 0 Å². The molecular weight excluding hydrogens is 264 g/mol. The van der Waals surface area contributed by atoms with E-state index in [0.29, 0.717) is 6.61 Å². The van der Waals surface area contributed by atoms with Crippen LogP contribution < -0.4 is 20.9 Å². The lowest BCUT2D eigenvalue weighted by atomic mass is 10.3. The van der Waals surface area contributed by atoms with Crippen LogP contribution in [0, 0.1) is 11.3 Å². The van der Waals surface area contributed by atoms with Gasteiger partial charge in [0.15, 0.2) is 5.11 Å². The summed E-state index contributed by atoms with van der Waals surface area (Å²) in [4.78, 5) is 11.0. The zero-order valence-electron chi connectivity index (χ0n) is 10.4. The predicted molar refractivity (Wildman–Crippen MR) is 75.3 cm³/mol. The van der Waals surface area contributed by atoms with Crippen molar-refractivity contribution in [2.45, 2.75) is 13.3 Å². The maximum Gasteiger partial charge on any atom is 0.252 e. The van der Waals surface area contributed by atoms with Gasteiger partial charge in [-0.1, -0.05) is 0 Å². The molecule has 0 spiro atoms. The van der Waals surface area contributed by atoms with Crippen LogP contribution in [0.4, 0.5) is 5.69 Å². The number of hydrazine groups is 1. The number of carbonyl (C=O) groups excluding carboxylic acids is 1. The van der Waals surface area contributed by atoms with Crippen LogP contribution in [0.5, 0.6) is 5.75 Å². The summed E-state index contributed by atoms with van der Waals surface area (Å²) in [7, 11) is 0. The number of hydrogen-bond acceptors (Lipinski definition) is 4. The third-order valence-corrected chi connectivity index (χ3v) is 2.18. The van der Waals surface area contributed by atoms with Crippen molar-refractivity contribution in [3.63, 3.8) is 0 Å². The molecule has 0 heterocycles. The quantitative estimate of drug-likeness (QED) is 0.569. The summed E-state index contributed by atoms with van der Waals surface area (Å²) in [6.07, 6.45) is -0.224. The van der Waals surface area contributed by atoms with Crippen molar-refractivity contribution in [3.8, 4) is 11.8 Å². The number of hydrogen-bond donors (Lipinski definition) is 3. The number of benzene rings is 1. The summed E-state index contributed by atoms with van der Waals surface area (Å²) in [6, 6.07) is 8.95. The smallest absolute Gasteiger partial charge is 0.252 e. The Kier molecular flexibility index (Phi) is 6.12. The molecule has 0 saturated heterocycles. The van der Waals surface area contributed by atoms with Crippen LogP contribution in [0.15, 0.2) is 24.3 Å². The standard InChI is InChI=1S/C12H14N4O2S/c1-2-18-10-5-3-9(4-6-10)14-12(19)16-15-11(17)7-8-13/h3-6H,2,7H2,1H3,(H,15,17)(H2,14,16,19). The Morgan fingerprint density at radius 3 is 2.63 bits per heavy atom. The number of rotatable bonds is 4. The molecule has 0 unspecified atom stereocenters. The summed E-state index contributed by atoms with van der Waals surface area (Å²) in [5, 5.41) is 11.4. The molecule has 0 fully saturated rings. The molecule has 0 aliphatic heterocycles. The molecule has 100 valence electrons. The van der Waals surface area contributed by atoms with Crippen LogP contribution in [0.2, 0.25) is 0 Å². The van der Waals surface area contributed by atoms with Crippen LogP contribution in [-0.2, 0) is 4.79 Å². The van der Waals surface area contributed by atoms with E-state index >= 15 is 0 Å². The van der Waals surface area contributed by atoms with E-state index in [1.54, 1.807) is 18.2 Å². The first-order valence-electron chi connectivity index (χ1n) is 5.61. The number of anilines is 1. The highest BCUT2D eigenvalue weighted by Crippen LogP contribution is 2.15. The number of thiocarbonyl (C=S) groups is 1. The van der Waals surface area contributed by atoms with E-state index in [0.717, 1.165) is 11.4 Å². The monoisotopic (exact) mass is 278 g/mol. The Bertz CT molecular complexity index is 481. The molecule has 0 bridgehead atoms. The highest BCUT2D eigenvalue weighted by atomic mass is 32.1. The maximum atomic E-state index is 11.0. The molecule has 0 aromatic heterocycles. The van der Waals surface area contributed by atoms with Crippen molar-refractivity contribution in [3.05, 3.63) is 24.3 Å². The van der Waals surface area contributed by atoms with E-state index in [2.05, 4.69) is 16.2 Å². The fourth-order valence-corrected chi connectivity index (χ4v) is 1.37. The lowest BCUT2D eigenvalue weighted by molar-refractivity contribution is -0.120. The van der Waals surface area contributed by atoms with Gasteiger partial charge in [-0.15, -0.1) is 0 Å². The largest absolute Gasteiger partial charge is 0.494 e. The fourth-order valence-electron chi connectivity index (χ4n) is 1.21. The van der Waals surface area contributed by atoms with E-state index in [1.807, 2.05) is 19.1 Å². The molecule has 6 nitrogen and oxygen atoms in total. The molecule has 0 aliphatic rings. The normalized spacial score (nSPS) is 9.05. The van der Waals surface area contributed by atoms with Gasteiger partial charge in [-0.25, -0.2) is 0 Å². The molecule has 0 atom stereocenters. The first kappa shape index (κ1) is 14.7. The van der Waals surface area contributed by atoms with Gasteiger partial charge in [0, 0.05) is 5.69 Å². The molecule has 0 aliphatic carbocycles. The topological polar surface area (TPSA) is 86.2 Å². The van der Waals surface area contributed by atoms with Gasteiger partial charge < -0.3 is 10.1 Å². The second-order valence-electron chi connectivity index (χ2n) is 3.42. The van der Waals surface area contributed by atoms with Crippen molar-refractivity contribution < 1.29 is 9.53 Å². The zero-order valence-corrected chi connectivity index (χ0v) is 11.2. The summed E-state index contributed by atoms with van der Waals surface area (Å²) < 4.78 is 5.31. The van der Waals surface area contributed by atoms with E-state index < -0.39 is 5.91 Å². The van der Waals surface area contributed by atoms with Crippen LogP contribution in [-0.4, -0.2) is 17.6 Å². The van der Waals surface area contributed by atoms with Crippen LogP contribution in [0.25, 0.3) is 0 Å². The number of ether oxygens (including phenoxy) is 1. The lowest BCUT2D eigenvalue weighted by Gasteiger charge is -2.11. The molecule has 1 aromatic rings. The number of nitrogens with one attached hydrogen (secondary N) is 3. The minimum Gasteiger partial charge on any atom is -0.494 e. The van der Waals surface area contributed by atoms with Crippen LogP contribution in [0.1, 0.15) is 13.3 Å². The number of nitrogens with zero attached hydrogens (tertiary/aromatic N) is 1. The van der Waals surface area contributed by atoms with Gasteiger partial charge in [-0.3, -0.25) is 15.6 Å². The fraction of sp³-hybridized carbons (Fsp3) is 0.250. The number of amides is 1. The maximum absolute atomic E-state index is 11.0. The average Bonchev–Trinajstić information content (AvgIpc) is 2.39. The van der Waals surface area contributed by atoms with E-state index in [1.165, 1.54) is 0 Å². The van der Waals surface area contributed by atoms with Gasteiger partial charge in [0.05, 0.1) is 12.7 Å². The molecule has 7 heteroatoms. The van der Waals surface area contributed by atoms with Gasteiger partial charge in [-0.05, 0) is 43.4 Å². The van der Waals surface area contributed by atoms with Crippen molar-refractivity contribution in [1.29, 1.82) is 5.26 Å². The van der Waals surface area contributed by atoms with Crippen LogP contribution >= 0.6 is 12.2 Å².